The fourth-order valence-electron chi connectivity index (χ4n) is 1.51. The highest BCUT2D eigenvalue weighted by Gasteiger charge is 2.23. The second-order valence-corrected chi connectivity index (χ2v) is 5.23. The predicted molar refractivity (Wildman–Crippen MR) is 54.0 cm³/mol. The van der Waals surface area contributed by atoms with Gasteiger partial charge in [0.2, 0.25) is 5.91 Å². The molecule has 0 N–H and O–H groups in total. The third-order valence-electron chi connectivity index (χ3n) is 2.51. The Morgan fingerprint density at radius 3 is 2.31 bits per heavy atom. The first kappa shape index (κ1) is 10.7. The standard InChI is InChI=1S/C9H17NO2S/c1-8(13(2)12)9(11)10-6-4-3-5-7-10/h8H,3-7H2,1-2H3. The van der Waals surface area contributed by atoms with E-state index in [-0.39, 0.29) is 11.2 Å². The van der Waals surface area contributed by atoms with Gasteiger partial charge in [0, 0.05) is 30.1 Å². The summed E-state index contributed by atoms with van der Waals surface area (Å²) in [5, 5.41) is -0.335. The molecular weight excluding hydrogens is 186 g/mol. The van der Waals surface area contributed by atoms with E-state index < -0.39 is 10.8 Å². The molecule has 0 bridgehead atoms. The van der Waals surface area contributed by atoms with Crippen LogP contribution in [0.4, 0.5) is 0 Å². The van der Waals surface area contributed by atoms with Gasteiger partial charge in [-0.2, -0.15) is 0 Å². The van der Waals surface area contributed by atoms with Gasteiger partial charge in [-0.15, -0.1) is 0 Å². The van der Waals surface area contributed by atoms with Gasteiger partial charge in [0.05, 0.1) is 0 Å². The van der Waals surface area contributed by atoms with E-state index >= 15 is 0 Å². The first-order chi connectivity index (χ1) is 6.13. The monoisotopic (exact) mass is 203 g/mol. The lowest BCUT2D eigenvalue weighted by Crippen LogP contribution is -2.42. The molecule has 0 aliphatic carbocycles. The minimum absolute atomic E-state index is 0.0560. The van der Waals surface area contributed by atoms with Crippen molar-refractivity contribution in [1.82, 2.24) is 4.90 Å². The van der Waals surface area contributed by atoms with Gasteiger partial charge in [0.15, 0.2) is 0 Å². The topological polar surface area (TPSA) is 37.4 Å². The van der Waals surface area contributed by atoms with Crippen LogP contribution in [0, 0.1) is 0 Å². The fourth-order valence-corrected chi connectivity index (χ4v) is 1.95. The maximum Gasteiger partial charge on any atom is 0.238 e. The Balaban J connectivity index is 2.50. The number of nitrogens with zero attached hydrogens (tertiary/aromatic N) is 1. The Kier molecular flexibility index (Phi) is 3.90. The molecule has 2 atom stereocenters. The van der Waals surface area contributed by atoms with Gasteiger partial charge < -0.3 is 4.90 Å². The molecule has 0 radical (unpaired) electrons. The number of carbonyl (C=O) groups is 1. The van der Waals surface area contributed by atoms with Crippen molar-refractivity contribution in [3.63, 3.8) is 0 Å². The molecule has 1 saturated heterocycles. The molecule has 1 heterocycles. The van der Waals surface area contributed by atoms with Crippen molar-refractivity contribution in [1.29, 1.82) is 0 Å². The number of rotatable bonds is 2. The quantitative estimate of drug-likeness (QED) is 0.664. The smallest absolute Gasteiger partial charge is 0.238 e. The average molecular weight is 203 g/mol. The van der Waals surface area contributed by atoms with Crippen molar-refractivity contribution in [3.05, 3.63) is 0 Å². The SMILES string of the molecule is CC(C(=O)N1CCCCC1)S(C)=O. The van der Waals surface area contributed by atoms with Crippen molar-refractivity contribution < 1.29 is 9.00 Å². The van der Waals surface area contributed by atoms with E-state index in [1.807, 2.05) is 4.90 Å². The molecule has 2 unspecified atom stereocenters. The number of likely N-dealkylation sites (tertiary alicyclic amines) is 1. The fraction of sp³-hybridized carbons (Fsp3) is 0.889. The van der Waals surface area contributed by atoms with Crippen molar-refractivity contribution in [2.45, 2.75) is 31.4 Å². The summed E-state index contributed by atoms with van der Waals surface area (Å²) in [4.78, 5) is 13.5. The molecule has 4 heteroatoms. The van der Waals surface area contributed by atoms with Gasteiger partial charge in [0.1, 0.15) is 5.25 Å². The summed E-state index contributed by atoms with van der Waals surface area (Å²) in [5.41, 5.74) is 0. The normalized spacial score (nSPS) is 22.5. The Bertz CT molecular complexity index is 212. The summed E-state index contributed by atoms with van der Waals surface area (Å²) >= 11 is 0. The summed E-state index contributed by atoms with van der Waals surface area (Å²) < 4.78 is 11.1. The van der Waals surface area contributed by atoms with Crippen molar-refractivity contribution >= 4 is 16.7 Å². The molecule has 76 valence electrons. The second kappa shape index (κ2) is 4.74. The van der Waals surface area contributed by atoms with E-state index in [4.69, 9.17) is 0 Å². The maximum atomic E-state index is 11.7. The molecule has 0 saturated carbocycles. The van der Waals surface area contributed by atoms with E-state index in [0.29, 0.717) is 0 Å². The van der Waals surface area contributed by atoms with Crippen LogP contribution in [0.3, 0.4) is 0 Å². The molecule has 0 spiro atoms. The Morgan fingerprint density at radius 2 is 1.85 bits per heavy atom. The van der Waals surface area contributed by atoms with Crippen LogP contribution >= 0.6 is 0 Å². The van der Waals surface area contributed by atoms with Gasteiger partial charge in [-0.25, -0.2) is 0 Å². The number of carbonyl (C=O) groups excluding carboxylic acids is 1. The van der Waals surface area contributed by atoms with Crippen LogP contribution in [-0.2, 0) is 15.6 Å². The molecule has 1 amide bonds. The van der Waals surface area contributed by atoms with Crippen LogP contribution in [-0.4, -0.2) is 39.6 Å². The zero-order valence-electron chi connectivity index (χ0n) is 8.28. The lowest BCUT2D eigenvalue weighted by Gasteiger charge is -2.28. The highest BCUT2D eigenvalue weighted by atomic mass is 32.2. The first-order valence-electron chi connectivity index (χ1n) is 4.74. The zero-order chi connectivity index (χ0) is 9.84. The number of piperidine rings is 1. The lowest BCUT2D eigenvalue weighted by molar-refractivity contribution is -0.131. The highest BCUT2D eigenvalue weighted by molar-refractivity contribution is 7.85. The van der Waals surface area contributed by atoms with E-state index in [1.54, 1.807) is 13.2 Å². The Morgan fingerprint density at radius 1 is 1.31 bits per heavy atom. The van der Waals surface area contributed by atoms with E-state index in [2.05, 4.69) is 0 Å². The molecule has 3 nitrogen and oxygen atoms in total. The minimum Gasteiger partial charge on any atom is -0.342 e. The Hall–Kier alpha value is -0.380. The number of amides is 1. The maximum absolute atomic E-state index is 11.7. The third kappa shape index (κ3) is 2.79. The molecule has 13 heavy (non-hydrogen) atoms. The molecule has 0 aromatic rings. The molecule has 1 fully saturated rings. The molecular formula is C9H17NO2S. The average Bonchev–Trinajstić information content (AvgIpc) is 2.17. The highest BCUT2D eigenvalue weighted by Crippen LogP contribution is 2.11. The van der Waals surface area contributed by atoms with Crippen LogP contribution in [0.2, 0.25) is 0 Å². The summed E-state index contributed by atoms with van der Waals surface area (Å²) in [6.07, 6.45) is 4.99. The van der Waals surface area contributed by atoms with Crippen LogP contribution in [0.15, 0.2) is 0 Å². The molecule has 0 aromatic heterocycles. The molecule has 1 rings (SSSR count). The van der Waals surface area contributed by atoms with Crippen molar-refractivity contribution in [3.8, 4) is 0 Å². The van der Waals surface area contributed by atoms with Crippen LogP contribution in [0.25, 0.3) is 0 Å². The lowest BCUT2D eigenvalue weighted by atomic mass is 10.1. The third-order valence-corrected chi connectivity index (χ3v) is 3.71. The summed E-state index contributed by atoms with van der Waals surface area (Å²) in [6, 6.07) is 0. The van der Waals surface area contributed by atoms with Crippen LogP contribution < -0.4 is 0 Å². The van der Waals surface area contributed by atoms with Crippen LogP contribution in [0.5, 0.6) is 0 Å². The van der Waals surface area contributed by atoms with E-state index in [9.17, 15) is 9.00 Å². The summed E-state index contributed by atoms with van der Waals surface area (Å²) in [5.74, 6) is 0.0560. The largest absolute Gasteiger partial charge is 0.342 e. The second-order valence-electron chi connectivity index (χ2n) is 3.53. The zero-order valence-corrected chi connectivity index (χ0v) is 9.10. The predicted octanol–water partition coefficient (Wildman–Crippen LogP) is 0.766. The van der Waals surface area contributed by atoms with Gasteiger partial charge in [-0.05, 0) is 26.2 Å². The van der Waals surface area contributed by atoms with Gasteiger partial charge in [0.25, 0.3) is 0 Å². The van der Waals surface area contributed by atoms with Gasteiger partial charge in [-0.1, -0.05) is 0 Å². The summed E-state index contributed by atoms with van der Waals surface area (Å²) in [6.45, 7) is 3.44. The van der Waals surface area contributed by atoms with Crippen molar-refractivity contribution in [2.75, 3.05) is 19.3 Å². The van der Waals surface area contributed by atoms with E-state index in [0.717, 1.165) is 25.9 Å². The number of hydrogen-bond acceptors (Lipinski definition) is 2. The molecule has 1 aliphatic rings. The van der Waals surface area contributed by atoms with E-state index in [1.165, 1.54) is 6.42 Å². The van der Waals surface area contributed by atoms with Gasteiger partial charge in [-0.3, -0.25) is 9.00 Å². The first-order valence-corrected chi connectivity index (χ1v) is 6.36. The van der Waals surface area contributed by atoms with Crippen LogP contribution in [0.1, 0.15) is 26.2 Å². The minimum atomic E-state index is -1.03. The van der Waals surface area contributed by atoms with Gasteiger partial charge >= 0.3 is 0 Å². The number of hydrogen-bond donors (Lipinski definition) is 0. The molecule has 0 aromatic carbocycles. The van der Waals surface area contributed by atoms with Crippen molar-refractivity contribution in [2.24, 2.45) is 0 Å². The summed E-state index contributed by atoms with van der Waals surface area (Å²) in [7, 11) is -1.03. The molecule has 1 aliphatic heterocycles. The Labute approximate surface area is 81.9 Å².